The molecule has 0 heterocycles. The molecule has 102 valence electrons. The highest BCUT2D eigenvalue weighted by atomic mass is 15.0. The van der Waals surface area contributed by atoms with Crippen LogP contribution in [0.1, 0.15) is 50.6 Å². The number of benzene rings is 1. The van der Waals surface area contributed by atoms with Crippen molar-refractivity contribution in [2.24, 2.45) is 23.7 Å². The summed E-state index contributed by atoms with van der Waals surface area (Å²) >= 11 is 0. The van der Waals surface area contributed by atoms with Gasteiger partial charge in [0, 0.05) is 12.1 Å². The van der Waals surface area contributed by atoms with E-state index in [1.54, 1.807) is 0 Å². The van der Waals surface area contributed by atoms with E-state index in [9.17, 15) is 0 Å². The first kappa shape index (κ1) is 12.0. The van der Waals surface area contributed by atoms with Crippen molar-refractivity contribution in [3.05, 3.63) is 35.9 Å². The number of fused-ring (bicyclic) bond motifs is 5. The number of rotatable bonds is 3. The molecule has 19 heavy (non-hydrogen) atoms. The summed E-state index contributed by atoms with van der Waals surface area (Å²) in [7, 11) is 0. The van der Waals surface area contributed by atoms with Gasteiger partial charge in [0.2, 0.25) is 0 Å². The molecule has 3 saturated carbocycles. The van der Waals surface area contributed by atoms with Gasteiger partial charge in [-0.15, -0.1) is 0 Å². The van der Waals surface area contributed by atoms with Crippen molar-refractivity contribution in [3.8, 4) is 0 Å². The molecule has 1 heteroatoms. The van der Waals surface area contributed by atoms with Crippen LogP contribution < -0.4 is 5.32 Å². The topological polar surface area (TPSA) is 12.0 Å². The smallest absolute Gasteiger partial charge is 0.0294 e. The van der Waals surface area contributed by atoms with Gasteiger partial charge in [0.25, 0.3) is 0 Å². The van der Waals surface area contributed by atoms with Crippen molar-refractivity contribution in [1.29, 1.82) is 0 Å². The van der Waals surface area contributed by atoms with Gasteiger partial charge in [-0.3, -0.25) is 0 Å². The average molecular weight is 255 g/mol. The highest BCUT2D eigenvalue weighted by molar-refractivity contribution is 5.19. The summed E-state index contributed by atoms with van der Waals surface area (Å²) < 4.78 is 0. The summed E-state index contributed by atoms with van der Waals surface area (Å²) in [5.74, 6) is 4.22. The first-order valence-electron chi connectivity index (χ1n) is 8.14. The molecule has 1 N–H and O–H groups in total. The van der Waals surface area contributed by atoms with E-state index in [-0.39, 0.29) is 0 Å². The first-order valence-corrected chi connectivity index (χ1v) is 8.14. The fraction of sp³-hybridized carbons (Fsp3) is 0.667. The van der Waals surface area contributed by atoms with Crippen LogP contribution >= 0.6 is 0 Å². The van der Waals surface area contributed by atoms with Crippen LogP contribution in [0.3, 0.4) is 0 Å². The maximum Gasteiger partial charge on any atom is 0.0294 e. The molecule has 0 radical (unpaired) electrons. The van der Waals surface area contributed by atoms with Gasteiger partial charge in [-0.25, -0.2) is 0 Å². The van der Waals surface area contributed by atoms with Crippen LogP contribution in [-0.4, -0.2) is 6.04 Å². The maximum absolute atomic E-state index is 3.94. The molecule has 3 aliphatic rings. The van der Waals surface area contributed by atoms with Gasteiger partial charge in [-0.1, -0.05) is 36.8 Å². The van der Waals surface area contributed by atoms with E-state index in [0.717, 1.165) is 29.7 Å². The summed E-state index contributed by atoms with van der Waals surface area (Å²) in [4.78, 5) is 0. The molecule has 6 atom stereocenters. The minimum Gasteiger partial charge on any atom is -0.307 e. The Kier molecular flexibility index (Phi) is 2.91. The fourth-order valence-electron chi connectivity index (χ4n) is 5.42. The van der Waals surface area contributed by atoms with E-state index in [0.29, 0.717) is 6.04 Å². The van der Waals surface area contributed by atoms with Gasteiger partial charge in [0.05, 0.1) is 0 Å². The molecule has 3 aliphatic carbocycles. The fourth-order valence-corrected chi connectivity index (χ4v) is 5.42. The Bertz CT molecular complexity index is 440. The van der Waals surface area contributed by atoms with E-state index < -0.39 is 0 Å². The molecular weight excluding hydrogens is 230 g/mol. The third-order valence-electron chi connectivity index (χ3n) is 6.19. The van der Waals surface area contributed by atoms with Crippen molar-refractivity contribution >= 4 is 0 Å². The number of nitrogens with one attached hydrogen (secondary N) is 1. The lowest BCUT2D eigenvalue weighted by Crippen LogP contribution is -2.40. The van der Waals surface area contributed by atoms with Gasteiger partial charge in [-0.2, -0.15) is 0 Å². The molecule has 3 fully saturated rings. The molecule has 2 bridgehead atoms. The van der Waals surface area contributed by atoms with Crippen LogP contribution in [0.4, 0.5) is 0 Å². The van der Waals surface area contributed by atoms with Crippen LogP contribution in [-0.2, 0) is 0 Å². The zero-order valence-electron chi connectivity index (χ0n) is 11.9. The standard InChI is InChI=1S/C18H25N/c1-12(13-6-3-2-4-7-13)19-18-11-14-10-17(18)16-9-5-8-15(14)16/h2-4,6-7,12,14-19H,5,8-11H2,1H3/t12-,14?,15?,16?,17?,18?/m1/s1. The monoisotopic (exact) mass is 255 g/mol. The minimum atomic E-state index is 0.505. The van der Waals surface area contributed by atoms with Crippen LogP contribution in [0, 0.1) is 23.7 Å². The number of hydrogen-bond donors (Lipinski definition) is 1. The predicted octanol–water partition coefficient (Wildman–Crippen LogP) is 4.16. The predicted molar refractivity (Wildman–Crippen MR) is 78.8 cm³/mol. The van der Waals surface area contributed by atoms with Crippen molar-refractivity contribution < 1.29 is 0 Å². The van der Waals surface area contributed by atoms with Crippen LogP contribution in [0.25, 0.3) is 0 Å². The maximum atomic E-state index is 3.94. The molecule has 0 amide bonds. The summed E-state index contributed by atoms with van der Waals surface area (Å²) in [6.07, 6.45) is 7.53. The van der Waals surface area contributed by atoms with Crippen molar-refractivity contribution in [2.75, 3.05) is 0 Å². The lowest BCUT2D eigenvalue weighted by molar-refractivity contribution is 0.200. The van der Waals surface area contributed by atoms with Gasteiger partial charge in [-0.05, 0) is 61.8 Å². The highest BCUT2D eigenvalue weighted by Gasteiger charge is 2.53. The Morgan fingerprint density at radius 1 is 1.00 bits per heavy atom. The molecule has 0 aliphatic heterocycles. The minimum absolute atomic E-state index is 0.505. The molecule has 5 unspecified atom stereocenters. The molecular formula is C18H25N. The third kappa shape index (κ3) is 1.94. The van der Waals surface area contributed by atoms with Gasteiger partial charge in [0.15, 0.2) is 0 Å². The average Bonchev–Trinajstić information content (AvgIpc) is 3.11. The Morgan fingerprint density at radius 2 is 1.79 bits per heavy atom. The van der Waals surface area contributed by atoms with Crippen molar-refractivity contribution in [3.63, 3.8) is 0 Å². The lowest BCUT2D eigenvalue weighted by atomic mass is 9.79. The van der Waals surface area contributed by atoms with Crippen molar-refractivity contribution in [1.82, 2.24) is 5.32 Å². The first-order chi connectivity index (χ1) is 9.33. The quantitative estimate of drug-likeness (QED) is 0.855. The van der Waals surface area contributed by atoms with Gasteiger partial charge < -0.3 is 5.32 Å². The molecule has 1 aromatic rings. The van der Waals surface area contributed by atoms with Crippen LogP contribution in [0.2, 0.25) is 0 Å². The molecule has 0 spiro atoms. The zero-order valence-corrected chi connectivity index (χ0v) is 11.9. The van der Waals surface area contributed by atoms with Crippen LogP contribution in [0.15, 0.2) is 30.3 Å². The number of hydrogen-bond acceptors (Lipinski definition) is 1. The largest absolute Gasteiger partial charge is 0.307 e. The summed E-state index contributed by atoms with van der Waals surface area (Å²) in [6.45, 7) is 2.33. The summed E-state index contributed by atoms with van der Waals surface area (Å²) in [6, 6.07) is 12.2. The molecule has 1 aromatic carbocycles. The normalized spacial score (nSPS) is 41.4. The Balaban J connectivity index is 1.45. The Hall–Kier alpha value is -0.820. The van der Waals surface area contributed by atoms with E-state index in [1.165, 1.54) is 37.7 Å². The summed E-state index contributed by atoms with van der Waals surface area (Å²) in [5.41, 5.74) is 1.44. The Labute approximate surface area is 116 Å². The second-order valence-corrected chi connectivity index (χ2v) is 7.06. The second kappa shape index (κ2) is 4.63. The Morgan fingerprint density at radius 3 is 2.63 bits per heavy atom. The molecule has 4 rings (SSSR count). The van der Waals surface area contributed by atoms with E-state index in [2.05, 4.69) is 42.6 Å². The summed E-state index contributed by atoms with van der Waals surface area (Å²) in [5, 5.41) is 3.94. The van der Waals surface area contributed by atoms with Gasteiger partial charge >= 0.3 is 0 Å². The lowest BCUT2D eigenvalue weighted by Gasteiger charge is -2.34. The van der Waals surface area contributed by atoms with E-state index in [1.807, 2.05) is 0 Å². The van der Waals surface area contributed by atoms with E-state index in [4.69, 9.17) is 0 Å². The second-order valence-electron chi connectivity index (χ2n) is 7.06. The van der Waals surface area contributed by atoms with Crippen LogP contribution in [0.5, 0.6) is 0 Å². The van der Waals surface area contributed by atoms with Gasteiger partial charge in [0.1, 0.15) is 0 Å². The molecule has 0 saturated heterocycles. The van der Waals surface area contributed by atoms with Crippen molar-refractivity contribution in [2.45, 2.75) is 51.1 Å². The zero-order chi connectivity index (χ0) is 12.8. The highest BCUT2D eigenvalue weighted by Crippen LogP contribution is 2.58. The SMILES string of the molecule is C[C@@H](NC1CC2CC1C1CCCC21)c1ccccc1. The molecule has 0 aromatic heterocycles. The van der Waals surface area contributed by atoms with E-state index >= 15 is 0 Å². The third-order valence-corrected chi connectivity index (χ3v) is 6.19. The molecule has 1 nitrogen and oxygen atoms in total.